The number of aliphatic hydroxyl groups is 2. The van der Waals surface area contributed by atoms with Gasteiger partial charge < -0.3 is 19.6 Å². The molecule has 0 unspecified atom stereocenters. The molecule has 256 valence electrons. The molecule has 6 aliphatic carbocycles. The van der Waals surface area contributed by atoms with Crippen LogP contribution in [-0.4, -0.2) is 50.2 Å². The summed E-state index contributed by atoms with van der Waals surface area (Å²) >= 11 is 0. The van der Waals surface area contributed by atoms with Crippen LogP contribution in [0.25, 0.3) is 5.57 Å². The number of anilines is 1. The molecule has 1 amide bonds. The van der Waals surface area contributed by atoms with Crippen LogP contribution in [0.2, 0.25) is 0 Å². The summed E-state index contributed by atoms with van der Waals surface area (Å²) in [5, 5.41) is 24.7. The number of hydrogen-bond acceptors (Lipinski definition) is 6. The third-order valence-corrected chi connectivity index (χ3v) is 12.5. The van der Waals surface area contributed by atoms with E-state index in [-0.39, 0.29) is 34.0 Å². The summed E-state index contributed by atoms with van der Waals surface area (Å²) in [5.74, 6) is -0.553. The van der Waals surface area contributed by atoms with E-state index in [1.807, 2.05) is 38.1 Å². The standard InChI is InChI=1S/C36H45F4N3O4/c1-30(2,37)29-41-28(42-47-29)34-11-8-32(9-12-34,10-13-34)21-43(27(44)24-17-35(46,18-24)36(38,39)40)26-7-5-6-22(14-26)23-15-33(16-23)19-25(20-33)31(3,4)45/h5-7,14-15,24-25,45-46H,8-13,16-21H2,1-4H3/t24-,25?,32?,33?,34?,35+. The zero-order valence-corrected chi connectivity index (χ0v) is 27.6. The van der Waals surface area contributed by atoms with Crippen LogP contribution in [0.1, 0.15) is 116 Å². The molecule has 1 heterocycles. The third kappa shape index (κ3) is 5.53. The molecule has 0 radical (unpaired) electrons. The summed E-state index contributed by atoms with van der Waals surface area (Å²) in [6.07, 6.45) is 3.55. The molecule has 0 saturated heterocycles. The number of allylic oxidation sites excluding steroid dienone is 2. The van der Waals surface area contributed by atoms with Crippen LogP contribution >= 0.6 is 0 Å². The average Bonchev–Trinajstić information content (AvgIpc) is 3.45. The van der Waals surface area contributed by atoms with Crippen molar-refractivity contribution in [2.24, 2.45) is 22.7 Å². The molecule has 0 atom stereocenters. The smallest absolute Gasteiger partial charge is 0.390 e. The van der Waals surface area contributed by atoms with E-state index < -0.39 is 41.8 Å². The Balaban J connectivity index is 1.12. The van der Waals surface area contributed by atoms with Crippen molar-refractivity contribution in [3.63, 3.8) is 0 Å². The molecule has 6 aliphatic rings. The van der Waals surface area contributed by atoms with Crippen LogP contribution in [-0.2, 0) is 15.9 Å². The maximum atomic E-state index is 14.5. The molecule has 2 aromatic rings. The normalized spacial score (nSPS) is 35.1. The van der Waals surface area contributed by atoms with Gasteiger partial charge in [-0.15, -0.1) is 0 Å². The third-order valence-electron chi connectivity index (χ3n) is 12.5. The fraction of sp³-hybridized carbons (Fsp3) is 0.694. The van der Waals surface area contributed by atoms with Crippen molar-refractivity contribution < 1.29 is 37.1 Å². The van der Waals surface area contributed by atoms with Gasteiger partial charge in [0.25, 0.3) is 5.89 Å². The molecule has 2 bridgehead atoms. The van der Waals surface area contributed by atoms with Gasteiger partial charge in [0.1, 0.15) is 0 Å². The van der Waals surface area contributed by atoms with Gasteiger partial charge in [0.2, 0.25) is 5.91 Å². The van der Waals surface area contributed by atoms with E-state index in [1.165, 1.54) is 19.4 Å². The summed E-state index contributed by atoms with van der Waals surface area (Å²) in [4.78, 5) is 20.2. The Labute approximate surface area is 272 Å². The van der Waals surface area contributed by atoms with E-state index in [0.717, 1.165) is 63.4 Å². The lowest BCUT2D eigenvalue weighted by atomic mass is 9.50. The zero-order chi connectivity index (χ0) is 33.8. The highest BCUT2D eigenvalue weighted by Crippen LogP contribution is 2.62. The second-order valence-corrected chi connectivity index (χ2v) is 16.8. The van der Waals surface area contributed by atoms with Crippen molar-refractivity contribution in [3.05, 3.63) is 47.6 Å². The van der Waals surface area contributed by atoms with Gasteiger partial charge in [0.05, 0.1) is 5.60 Å². The minimum absolute atomic E-state index is 0.0397. The molecular formula is C36H45F4N3O4. The zero-order valence-electron chi connectivity index (χ0n) is 27.6. The molecule has 2 N–H and O–H groups in total. The summed E-state index contributed by atoms with van der Waals surface area (Å²) in [5.41, 5.74) is -2.90. The maximum Gasteiger partial charge on any atom is 0.417 e. The van der Waals surface area contributed by atoms with E-state index in [1.54, 1.807) is 4.90 Å². The van der Waals surface area contributed by atoms with E-state index in [4.69, 9.17) is 4.52 Å². The van der Waals surface area contributed by atoms with Crippen molar-refractivity contribution >= 4 is 17.2 Å². The number of fused-ring (bicyclic) bond motifs is 3. The second kappa shape index (κ2) is 10.4. The monoisotopic (exact) mass is 659 g/mol. The van der Waals surface area contributed by atoms with Crippen molar-refractivity contribution in [1.82, 2.24) is 10.1 Å². The minimum atomic E-state index is -4.78. The first kappa shape index (κ1) is 32.7. The molecule has 5 saturated carbocycles. The van der Waals surface area contributed by atoms with Crippen LogP contribution < -0.4 is 4.90 Å². The Hall–Kier alpha value is -2.79. The van der Waals surface area contributed by atoms with Crippen LogP contribution in [0, 0.1) is 22.7 Å². The van der Waals surface area contributed by atoms with Crippen molar-refractivity contribution in [1.29, 1.82) is 0 Å². The highest BCUT2D eigenvalue weighted by molar-refractivity contribution is 5.96. The number of hydrogen-bond donors (Lipinski definition) is 2. The number of amides is 1. The molecule has 8 rings (SSSR count). The van der Waals surface area contributed by atoms with Gasteiger partial charge in [0, 0.05) is 23.6 Å². The van der Waals surface area contributed by atoms with E-state index in [2.05, 4.69) is 16.2 Å². The molecule has 1 aromatic heterocycles. The Morgan fingerprint density at radius 2 is 1.62 bits per heavy atom. The topological polar surface area (TPSA) is 99.7 Å². The van der Waals surface area contributed by atoms with Gasteiger partial charge in [-0.2, -0.15) is 18.2 Å². The quantitative estimate of drug-likeness (QED) is 0.284. The predicted molar refractivity (Wildman–Crippen MR) is 167 cm³/mol. The lowest BCUT2D eigenvalue weighted by Crippen LogP contribution is -2.60. The van der Waals surface area contributed by atoms with Gasteiger partial charge in [-0.25, -0.2) is 4.39 Å². The highest BCUT2D eigenvalue weighted by Gasteiger charge is 2.63. The lowest BCUT2D eigenvalue weighted by Gasteiger charge is -2.55. The van der Waals surface area contributed by atoms with E-state index >= 15 is 0 Å². The number of alkyl halides is 4. The molecule has 11 heteroatoms. The van der Waals surface area contributed by atoms with Crippen LogP contribution in [0.4, 0.5) is 23.2 Å². The first-order valence-corrected chi connectivity index (χ1v) is 16.9. The summed E-state index contributed by atoms with van der Waals surface area (Å²) in [6, 6.07) is 7.73. The van der Waals surface area contributed by atoms with Crippen LogP contribution in [0.3, 0.4) is 0 Å². The highest BCUT2D eigenvalue weighted by atomic mass is 19.4. The van der Waals surface area contributed by atoms with Crippen molar-refractivity contribution in [3.8, 4) is 0 Å². The molecule has 47 heavy (non-hydrogen) atoms. The van der Waals surface area contributed by atoms with Gasteiger partial charge in [0.15, 0.2) is 17.1 Å². The van der Waals surface area contributed by atoms with Crippen LogP contribution in [0.5, 0.6) is 0 Å². The average molecular weight is 660 g/mol. The fourth-order valence-electron chi connectivity index (χ4n) is 8.99. The Morgan fingerprint density at radius 1 is 1.00 bits per heavy atom. The van der Waals surface area contributed by atoms with Crippen molar-refractivity contribution in [2.45, 2.75) is 127 Å². The molecule has 1 spiro atoms. The molecule has 7 nitrogen and oxygen atoms in total. The Bertz CT molecular complexity index is 1560. The van der Waals surface area contributed by atoms with Gasteiger partial charge in [-0.3, -0.25) is 4.79 Å². The van der Waals surface area contributed by atoms with Crippen LogP contribution in [0.15, 0.2) is 34.9 Å². The number of rotatable bonds is 8. The predicted octanol–water partition coefficient (Wildman–Crippen LogP) is 7.56. The summed E-state index contributed by atoms with van der Waals surface area (Å²) in [6.45, 7) is 6.84. The number of benzene rings is 1. The minimum Gasteiger partial charge on any atom is -0.390 e. The lowest BCUT2D eigenvalue weighted by molar-refractivity contribution is -0.295. The number of carbonyl (C=O) groups is 1. The summed E-state index contributed by atoms with van der Waals surface area (Å²) in [7, 11) is 0. The van der Waals surface area contributed by atoms with E-state index in [9.17, 15) is 32.6 Å². The maximum absolute atomic E-state index is 14.5. The van der Waals surface area contributed by atoms with Gasteiger partial charge in [-0.05, 0) is 138 Å². The number of halogens is 4. The molecule has 0 aliphatic heterocycles. The SMILES string of the molecule is CC(C)(F)c1nc(C23CCC(CN(c4cccc(C5=CC6(C5)CC(C(C)(C)O)C6)c4)C(=O)[C@H]4C[C@](O)(C(F)(F)F)C4)(CC2)CC3)no1. The van der Waals surface area contributed by atoms with E-state index in [0.29, 0.717) is 18.1 Å². The number of aromatic nitrogens is 2. The Kier molecular flexibility index (Phi) is 7.22. The van der Waals surface area contributed by atoms with Gasteiger partial charge >= 0.3 is 6.18 Å². The van der Waals surface area contributed by atoms with Crippen molar-refractivity contribution in [2.75, 3.05) is 11.4 Å². The molecular weight excluding hydrogens is 614 g/mol. The molecule has 5 fully saturated rings. The second-order valence-electron chi connectivity index (χ2n) is 16.8. The number of carbonyl (C=O) groups excluding carboxylic acids is 1. The largest absolute Gasteiger partial charge is 0.417 e. The summed E-state index contributed by atoms with van der Waals surface area (Å²) < 4.78 is 60.3. The van der Waals surface area contributed by atoms with Gasteiger partial charge in [-0.1, -0.05) is 23.4 Å². The molecule has 1 aromatic carbocycles. The fourth-order valence-corrected chi connectivity index (χ4v) is 8.99. The number of nitrogens with zero attached hydrogens (tertiary/aromatic N) is 3. The first-order chi connectivity index (χ1) is 21.7. The first-order valence-electron chi connectivity index (χ1n) is 16.9. The Morgan fingerprint density at radius 3 is 2.15 bits per heavy atom.